The van der Waals surface area contributed by atoms with Gasteiger partial charge in [-0.2, -0.15) is 0 Å². The number of β-lactam (4-membered cyclic amide) rings is 1. The Hall–Kier alpha value is -4.28. The number of methoxy groups -OCH3 is 1. The summed E-state index contributed by atoms with van der Waals surface area (Å²) in [5.74, 6) is -0.134. The minimum absolute atomic E-state index is 0.0975. The van der Waals surface area contributed by atoms with E-state index in [4.69, 9.17) is 18.6 Å². The van der Waals surface area contributed by atoms with Gasteiger partial charge in [-0.05, 0) is 47.3 Å². The molecule has 0 aromatic heterocycles. The highest BCUT2D eigenvalue weighted by atomic mass is 28.4. The fraction of sp³-hybridized carbons (Fsp3) is 0.381. The van der Waals surface area contributed by atoms with Crippen LogP contribution in [0.15, 0.2) is 121 Å². The number of carbonyl (C=O) groups excluding carboxylic acids is 2. The number of hydrogen-bond donors (Lipinski definition) is 1. The monoisotopic (exact) mass is 708 g/mol. The van der Waals surface area contributed by atoms with Crippen molar-refractivity contribution in [1.82, 2.24) is 10.2 Å². The van der Waals surface area contributed by atoms with Gasteiger partial charge < -0.3 is 28.9 Å². The van der Waals surface area contributed by atoms with E-state index in [-0.39, 0.29) is 24.2 Å². The molecule has 4 aromatic carbocycles. The summed E-state index contributed by atoms with van der Waals surface area (Å²) in [5.41, 5.74) is 1.20. The van der Waals surface area contributed by atoms with Gasteiger partial charge in [0.1, 0.15) is 11.7 Å². The molecule has 9 heteroatoms. The number of alkyl carbamates (subject to hydrolysis) is 1. The Bertz CT molecular complexity index is 1650. The minimum Gasteiger partial charge on any atom is -0.444 e. The van der Waals surface area contributed by atoms with Crippen molar-refractivity contribution in [3.63, 3.8) is 0 Å². The van der Waals surface area contributed by atoms with Crippen molar-refractivity contribution >= 4 is 30.7 Å². The Balaban J connectivity index is 1.55. The van der Waals surface area contributed by atoms with Crippen LogP contribution in [0.3, 0.4) is 0 Å². The molecule has 2 amide bonds. The maximum absolute atomic E-state index is 13.9. The molecule has 1 saturated heterocycles. The Morgan fingerprint density at radius 3 is 1.73 bits per heavy atom. The highest BCUT2D eigenvalue weighted by Gasteiger charge is 2.56. The van der Waals surface area contributed by atoms with Gasteiger partial charge in [0, 0.05) is 13.7 Å². The molecule has 270 valence electrons. The first-order valence-electron chi connectivity index (χ1n) is 17.6. The first-order chi connectivity index (χ1) is 24.3. The van der Waals surface area contributed by atoms with Crippen LogP contribution in [0.5, 0.6) is 0 Å². The Morgan fingerprint density at radius 1 is 0.765 bits per heavy atom. The molecule has 0 unspecified atom stereocenters. The summed E-state index contributed by atoms with van der Waals surface area (Å²) >= 11 is 0. The highest BCUT2D eigenvalue weighted by Crippen LogP contribution is 2.38. The van der Waals surface area contributed by atoms with Crippen molar-refractivity contribution in [2.75, 3.05) is 13.7 Å². The molecule has 4 atom stereocenters. The van der Waals surface area contributed by atoms with E-state index in [2.05, 4.69) is 50.4 Å². The second kappa shape index (κ2) is 16.4. The van der Waals surface area contributed by atoms with E-state index in [0.29, 0.717) is 6.54 Å². The van der Waals surface area contributed by atoms with Gasteiger partial charge in [-0.25, -0.2) is 4.79 Å². The summed E-state index contributed by atoms with van der Waals surface area (Å²) in [7, 11) is -1.42. The van der Waals surface area contributed by atoms with Crippen molar-refractivity contribution in [1.29, 1.82) is 0 Å². The quantitative estimate of drug-likeness (QED) is 0.120. The van der Waals surface area contributed by atoms with Crippen LogP contribution in [0, 0.1) is 0 Å². The number of amides is 2. The minimum atomic E-state index is -3.02. The molecule has 1 heterocycles. The second-order valence-electron chi connectivity index (χ2n) is 15.1. The molecule has 1 aliphatic rings. The van der Waals surface area contributed by atoms with Crippen LogP contribution in [0.4, 0.5) is 4.79 Å². The van der Waals surface area contributed by atoms with Crippen molar-refractivity contribution in [2.45, 2.75) is 89.6 Å². The largest absolute Gasteiger partial charge is 0.444 e. The van der Waals surface area contributed by atoms with Gasteiger partial charge in [-0.3, -0.25) is 4.79 Å². The molecular formula is C42H52N2O6Si. The molecule has 1 fully saturated rings. The van der Waals surface area contributed by atoms with Gasteiger partial charge in [-0.1, -0.05) is 142 Å². The Kier molecular flexibility index (Phi) is 12.2. The van der Waals surface area contributed by atoms with E-state index in [1.807, 2.05) is 118 Å². The smallest absolute Gasteiger partial charge is 0.408 e. The standard InChI is InChI=1S/C42H52N2O6Si/c1-41(2,3)50-40(46)43-35(30-49-51(42(4,5)6,33-24-16-10-17-25-33)34-26-18-11-19-27-34)37(47-7)36-38(48-29-32-22-14-9-15-23-32)39(45)44(36)28-31-20-12-8-13-21-31/h8-27,35-38H,28-30H2,1-7H3,(H,43,46)/t35-,36-,37+,38+/m0/s1. The molecule has 1 aliphatic heterocycles. The average Bonchev–Trinajstić information content (AvgIpc) is 3.11. The average molecular weight is 709 g/mol. The first kappa shape index (κ1) is 38.0. The van der Waals surface area contributed by atoms with E-state index >= 15 is 0 Å². The summed E-state index contributed by atoms with van der Waals surface area (Å²) in [5, 5.41) is 5.03. The normalized spacial score (nSPS) is 17.7. The Labute approximate surface area is 304 Å². The third-order valence-electron chi connectivity index (χ3n) is 9.27. The molecule has 4 aromatic rings. The number of carbonyl (C=O) groups is 2. The predicted octanol–water partition coefficient (Wildman–Crippen LogP) is 6.47. The molecule has 1 N–H and O–H groups in total. The van der Waals surface area contributed by atoms with Crippen molar-refractivity contribution in [2.24, 2.45) is 0 Å². The maximum atomic E-state index is 13.9. The zero-order valence-corrected chi connectivity index (χ0v) is 31.9. The van der Waals surface area contributed by atoms with Crippen LogP contribution in [-0.4, -0.2) is 68.8 Å². The fourth-order valence-corrected chi connectivity index (χ4v) is 11.6. The number of likely N-dealkylation sites (tertiary alicyclic amines) is 1. The zero-order chi connectivity index (χ0) is 36.6. The summed E-state index contributed by atoms with van der Waals surface area (Å²) in [4.78, 5) is 29.2. The lowest BCUT2D eigenvalue weighted by molar-refractivity contribution is -0.193. The molecule has 8 nitrogen and oxygen atoms in total. The van der Waals surface area contributed by atoms with Crippen LogP contribution in [0.2, 0.25) is 5.04 Å². The number of rotatable bonds is 14. The van der Waals surface area contributed by atoms with Gasteiger partial charge in [0.15, 0.2) is 6.10 Å². The van der Waals surface area contributed by atoms with Gasteiger partial charge in [-0.15, -0.1) is 0 Å². The van der Waals surface area contributed by atoms with Gasteiger partial charge in [0.2, 0.25) is 0 Å². The molecule has 0 saturated carbocycles. The topological polar surface area (TPSA) is 86.3 Å². The number of ether oxygens (including phenoxy) is 3. The van der Waals surface area contributed by atoms with E-state index in [1.54, 1.807) is 12.0 Å². The SMILES string of the molecule is CO[C@@H]([C@H]1[C@@H](OCc2ccccc2)C(=O)N1Cc1ccccc1)[C@H](CO[Si](c1ccccc1)(c1ccccc1)C(C)(C)C)NC(=O)OC(C)(C)C. The van der Waals surface area contributed by atoms with Crippen LogP contribution in [0.25, 0.3) is 0 Å². The predicted molar refractivity (Wildman–Crippen MR) is 203 cm³/mol. The van der Waals surface area contributed by atoms with Crippen molar-refractivity contribution < 1.29 is 28.2 Å². The lowest BCUT2D eigenvalue weighted by Gasteiger charge is -2.51. The Morgan fingerprint density at radius 2 is 1.25 bits per heavy atom. The molecule has 5 rings (SSSR count). The van der Waals surface area contributed by atoms with Gasteiger partial charge >= 0.3 is 6.09 Å². The van der Waals surface area contributed by atoms with Crippen LogP contribution >= 0.6 is 0 Å². The number of nitrogens with one attached hydrogen (secondary N) is 1. The summed E-state index contributed by atoms with van der Waals surface area (Å²) in [6.07, 6.45) is -2.10. The van der Waals surface area contributed by atoms with Crippen LogP contribution in [0.1, 0.15) is 52.7 Å². The molecule has 51 heavy (non-hydrogen) atoms. The van der Waals surface area contributed by atoms with E-state index < -0.39 is 44.3 Å². The number of hydrogen-bond acceptors (Lipinski definition) is 6. The van der Waals surface area contributed by atoms with E-state index in [9.17, 15) is 9.59 Å². The first-order valence-corrected chi connectivity index (χ1v) is 19.5. The van der Waals surface area contributed by atoms with E-state index in [1.165, 1.54) is 0 Å². The molecule has 0 aliphatic carbocycles. The fourth-order valence-electron chi connectivity index (χ4n) is 6.98. The second-order valence-corrected chi connectivity index (χ2v) is 19.4. The maximum Gasteiger partial charge on any atom is 0.408 e. The molecular weight excluding hydrogens is 657 g/mol. The lowest BCUT2D eigenvalue weighted by atomic mass is 9.87. The van der Waals surface area contributed by atoms with Crippen LogP contribution < -0.4 is 15.7 Å². The van der Waals surface area contributed by atoms with Crippen molar-refractivity contribution in [3.05, 3.63) is 132 Å². The van der Waals surface area contributed by atoms with Crippen molar-refractivity contribution in [3.8, 4) is 0 Å². The number of nitrogens with zero attached hydrogens (tertiary/aromatic N) is 1. The lowest BCUT2D eigenvalue weighted by Crippen LogP contribution is -2.73. The number of benzene rings is 4. The van der Waals surface area contributed by atoms with Crippen LogP contribution in [-0.2, 0) is 36.6 Å². The van der Waals surface area contributed by atoms with E-state index in [0.717, 1.165) is 21.5 Å². The third kappa shape index (κ3) is 8.97. The van der Waals surface area contributed by atoms with Gasteiger partial charge in [0.05, 0.1) is 25.3 Å². The highest BCUT2D eigenvalue weighted by molar-refractivity contribution is 6.99. The zero-order valence-electron chi connectivity index (χ0n) is 30.9. The molecule has 0 bridgehead atoms. The third-order valence-corrected chi connectivity index (χ3v) is 14.3. The summed E-state index contributed by atoms with van der Waals surface area (Å²) in [6.45, 7) is 12.8. The van der Waals surface area contributed by atoms with Gasteiger partial charge in [0.25, 0.3) is 14.2 Å². The molecule has 0 spiro atoms. The summed E-state index contributed by atoms with van der Waals surface area (Å²) in [6, 6.07) is 39.1. The summed E-state index contributed by atoms with van der Waals surface area (Å²) < 4.78 is 25.8. The molecule has 0 radical (unpaired) electrons.